The molecule has 3 atom stereocenters. The molecule has 13 nitrogen and oxygen atoms in total. The highest BCUT2D eigenvalue weighted by Crippen LogP contribution is 2.46. The van der Waals surface area contributed by atoms with Crippen LogP contribution >= 0.6 is 46.4 Å². The van der Waals surface area contributed by atoms with E-state index in [-0.39, 0.29) is 0 Å². The minimum atomic E-state index is -4.41. The average molecular weight is 1190 g/mol. The number of aryl methyl sites for hydroxylation is 6. The maximum Gasteiger partial charge on any atom is 0.433 e. The van der Waals surface area contributed by atoms with E-state index < -0.39 is 11.9 Å². The Kier molecular flexibility index (Phi) is 15.7. The Morgan fingerprint density at radius 2 is 0.902 bits per heavy atom. The molecule has 15 rings (SSSR count). The predicted octanol–water partition coefficient (Wildman–Crippen LogP) is 13.7. The summed E-state index contributed by atoms with van der Waals surface area (Å²) in [5.41, 5.74) is 13.7. The fourth-order valence-corrected chi connectivity index (χ4v) is 14.7. The molecule has 20 heteroatoms. The zero-order valence-electron chi connectivity index (χ0n) is 45.7. The largest absolute Gasteiger partial charge is 0.481 e. The minimum Gasteiger partial charge on any atom is -0.481 e. The SMILES string of the molecule is COc1ccc(CCn2c3c(c4cc(Cl)cnc42)C2CCCN2CC3)cn1.Clc1ccc(CCn2c3c(c4cc(Cl)cnc42)C2CCCN2CC3)nc1.FC(F)(F)c1ccc(CCn2c3c(c4cc(Cl)cnc42)C2CCCN2CC3)cn1. The second-order valence-corrected chi connectivity index (χ2v) is 24.2. The molecule has 82 heavy (non-hydrogen) atoms. The number of halogens is 7. The summed E-state index contributed by atoms with van der Waals surface area (Å²) >= 11 is 24.8. The van der Waals surface area contributed by atoms with Crippen molar-refractivity contribution in [2.45, 2.75) is 121 Å². The van der Waals surface area contributed by atoms with Gasteiger partial charge in [0.15, 0.2) is 0 Å². The Balaban J connectivity index is 0.000000116. The van der Waals surface area contributed by atoms with Crippen LogP contribution in [0.15, 0.2) is 91.8 Å². The summed E-state index contributed by atoms with van der Waals surface area (Å²) in [7, 11) is 1.64. The molecule has 0 amide bonds. The maximum absolute atomic E-state index is 12.7. The minimum absolute atomic E-state index is 0.413. The van der Waals surface area contributed by atoms with E-state index in [1.807, 2.05) is 30.5 Å². The number of nitrogens with zero attached hydrogens (tertiary/aromatic N) is 12. The molecule has 0 aromatic carbocycles. The van der Waals surface area contributed by atoms with Gasteiger partial charge in [0.05, 0.1) is 27.2 Å². The van der Waals surface area contributed by atoms with Crippen LogP contribution in [0.1, 0.15) is 113 Å². The molecule has 0 spiro atoms. The molecule has 0 saturated carbocycles. The van der Waals surface area contributed by atoms with Crippen LogP contribution in [0.5, 0.6) is 5.88 Å². The molecule has 0 radical (unpaired) electrons. The van der Waals surface area contributed by atoms with Gasteiger partial charge in [-0.3, -0.25) is 24.7 Å². The first kappa shape index (κ1) is 55.3. The zero-order valence-corrected chi connectivity index (χ0v) is 48.7. The Morgan fingerprint density at radius 1 is 0.476 bits per heavy atom. The average Bonchev–Trinajstić information content (AvgIpc) is 3.08. The van der Waals surface area contributed by atoms with Gasteiger partial charge in [0.1, 0.15) is 22.6 Å². The van der Waals surface area contributed by atoms with Gasteiger partial charge in [0, 0.05) is 165 Å². The lowest BCUT2D eigenvalue weighted by atomic mass is 9.96. The van der Waals surface area contributed by atoms with E-state index in [4.69, 9.17) is 61.1 Å². The maximum atomic E-state index is 12.7. The molecular weight excluding hydrogens is 1130 g/mol. The summed E-state index contributed by atoms with van der Waals surface area (Å²) in [6, 6.07) is 18.2. The van der Waals surface area contributed by atoms with Crippen molar-refractivity contribution < 1.29 is 17.9 Å². The zero-order chi connectivity index (χ0) is 56.2. The fourth-order valence-electron chi connectivity index (χ4n) is 14.2. The topological polar surface area (TPSA) is 111 Å². The summed E-state index contributed by atoms with van der Waals surface area (Å²) < 4.78 is 50.4. The van der Waals surface area contributed by atoms with E-state index in [1.165, 1.54) is 108 Å². The number of alkyl halides is 3. The number of hydrogen-bond donors (Lipinski definition) is 0. The number of rotatable bonds is 10. The van der Waals surface area contributed by atoms with E-state index in [2.05, 4.69) is 66.5 Å². The van der Waals surface area contributed by atoms with Crippen LogP contribution in [0.2, 0.25) is 20.1 Å². The van der Waals surface area contributed by atoms with Crippen molar-refractivity contribution in [2.75, 3.05) is 46.4 Å². The van der Waals surface area contributed by atoms with Gasteiger partial charge in [0.2, 0.25) is 5.88 Å². The van der Waals surface area contributed by atoms with Crippen molar-refractivity contribution in [2.24, 2.45) is 0 Å². The summed E-state index contributed by atoms with van der Waals surface area (Å²) in [6.07, 6.45) is 18.6. The Hall–Kier alpha value is -5.85. The number of hydrogen-bond acceptors (Lipinski definition) is 10. The lowest BCUT2D eigenvalue weighted by Gasteiger charge is -2.30. The number of ether oxygens (including phenoxy) is 1. The summed E-state index contributed by atoms with van der Waals surface area (Å²) in [5.74, 6) is 0.653. The molecule has 0 aliphatic carbocycles. The highest BCUT2D eigenvalue weighted by atomic mass is 35.5. The van der Waals surface area contributed by atoms with Crippen LogP contribution in [0, 0.1) is 0 Å². The number of methoxy groups -OCH3 is 1. The first-order chi connectivity index (χ1) is 39.9. The predicted molar refractivity (Wildman–Crippen MR) is 316 cm³/mol. The highest BCUT2D eigenvalue weighted by Gasteiger charge is 2.39. The number of fused-ring (bicyclic) bond motifs is 15. The molecule has 6 aliphatic heterocycles. The Bertz CT molecular complexity index is 3790. The molecule has 6 aliphatic rings. The van der Waals surface area contributed by atoms with Gasteiger partial charge in [-0.05, 0) is 135 Å². The van der Waals surface area contributed by atoms with Crippen LogP contribution in [0.25, 0.3) is 33.1 Å². The van der Waals surface area contributed by atoms with Crippen LogP contribution < -0.4 is 4.74 Å². The van der Waals surface area contributed by atoms with Crippen molar-refractivity contribution in [1.82, 2.24) is 58.3 Å². The van der Waals surface area contributed by atoms with Crippen LogP contribution in [-0.4, -0.2) is 105 Å². The van der Waals surface area contributed by atoms with Gasteiger partial charge >= 0.3 is 6.18 Å². The molecule has 0 N–H and O–H groups in total. The standard InChI is InChI=1S/C21H20ClF3N4.C21H23ClN4O.C20H20Cl2N4/c22-14-10-15-19-16-2-1-7-28(16)8-6-17(19)29(20(15)27-12-14)9-5-13-3-4-18(26-11-13)21(23,24)25;1-27-19-5-4-14(12-23-19)6-10-26-18-7-9-25-8-2-3-17(25)20(18)16-11-15(22)13-24-21(16)26;21-13-3-4-15(23-11-13)5-9-26-18-6-8-25-7-1-2-17(25)19(18)16-10-14(22)12-24-20(16)26/h3-4,10-12,16H,1-2,5-9H2;4-5,11-13,17H,2-3,6-10H2,1H3;3-4,10-12,17H,1-2,5-9H2. The van der Waals surface area contributed by atoms with Crippen molar-refractivity contribution in [3.63, 3.8) is 0 Å². The molecule has 3 unspecified atom stereocenters. The van der Waals surface area contributed by atoms with Crippen LogP contribution in [-0.2, 0) is 64.3 Å². The van der Waals surface area contributed by atoms with Gasteiger partial charge in [-0.25, -0.2) is 19.9 Å². The molecule has 3 saturated heterocycles. The fraction of sp³-hybridized carbons (Fsp3) is 0.419. The number of aromatic nitrogens is 9. The van der Waals surface area contributed by atoms with Gasteiger partial charge in [0.25, 0.3) is 0 Å². The van der Waals surface area contributed by atoms with Crippen molar-refractivity contribution in [3.8, 4) is 5.88 Å². The van der Waals surface area contributed by atoms with E-state index in [0.717, 1.165) is 122 Å². The first-order valence-electron chi connectivity index (χ1n) is 28.7. The lowest BCUT2D eigenvalue weighted by Crippen LogP contribution is -2.31. The summed E-state index contributed by atoms with van der Waals surface area (Å²) in [4.78, 5) is 34.2. The summed E-state index contributed by atoms with van der Waals surface area (Å²) in [5, 5.41) is 6.31. The van der Waals surface area contributed by atoms with Gasteiger partial charge < -0.3 is 18.4 Å². The third-order valence-corrected chi connectivity index (χ3v) is 18.6. The van der Waals surface area contributed by atoms with Gasteiger partial charge in [-0.1, -0.05) is 58.5 Å². The molecular formula is C62H63Cl4F3N12O. The highest BCUT2D eigenvalue weighted by molar-refractivity contribution is 6.32. The second-order valence-electron chi connectivity index (χ2n) is 22.4. The van der Waals surface area contributed by atoms with Crippen LogP contribution in [0.3, 0.4) is 0 Å². The molecule has 9 aromatic heterocycles. The van der Waals surface area contributed by atoms with Crippen LogP contribution in [0.4, 0.5) is 13.2 Å². The molecule has 9 aromatic rings. The lowest BCUT2D eigenvalue weighted by molar-refractivity contribution is -0.141. The van der Waals surface area contributed by atoms with E-state index >= 15 is 0 Å². The monoisotopic (exact) mass is 1190 g/mol. The third kappa shape index (κ3) is 10.9. The van der Waals surface area contributed by atoms with E-state index in [9.17, 15) is 13.2 Å². The van der Waals surface area contributed by atoms with Crippen molar-refractivity contribution in [3.05, 3.63) is 168 Å². The van der Waals surface area contributed by atoms with E-state index in [1.54, 1.807) is 31.9 Å². The third-order valence-electron chi connectivity index (χ3n) is 17.8. The molecule has 3 fully saturated rings. The molecule has 426 valence electrons. The Morgan fingerprint density at radius 3 is 1.28 bits per heavy atom. The van der Waals surface area contributed by atoms with E-state index in [0.29, 0.717) is 52.0 Å². The van der Waals surface area contributed by atoms with Gasteiger partial charge in [-0.15, -0.1) is 0 Å². The number of pyridine rings is 6. The first-order valence-corrected chi connectivity index (χ1v) is 30.2. The quantitative estimate of drug-likeness (QED) is 0.131. The Labute approximate surface area is 494 Å². The second kappa shape index (κ2) is 23.3. The normalized spacial score (nSPS) is 19.5. The van der Waals surface area contributed by atoms with Crippen molar-refractivity contribution in [1.29, 1.82) is 0 Å². The smallest absolute Gasteiger partial charge is 0.433 e. The molecule has 15 heterocycles. The van der Waals surface area contributed by atoms with Gasteiger partial charge in [-0.2, -0.15) is 13.2 Å². The van der Waals surface area contributed by atoms with Crippen molar-refractivity contribution >= 4 is 79.5 Å². The molecule has 0 bridgehead atoms. The summed E-state index contributed by atoms with van der Waals surface area (Å²) in [6.45, 7) is 9.29.